The van der Waals surface area contributed by atoms with Gasteiger partial charge in [-0.3, -0.25) is 9.48 Å². The largest absolute Gasteiger partial charge is 0.341 e. The molecule has 0 unspecified atom stereocenters. The fourth-order valence-corrected chi connectivity index (χ4v) is 3.53. The van der Waals surface area contributed by atoms with E-state index in [0.717, 1.165) is 19.0 Å². The van der Waals surface area contributed by atoms with E-state index in [1.165, 1.54) is 12.8 Å². The highest BCUT2D eigenvalue weighted by atomic mass is 35.5. The monoisotopic (exact) mass is 310 g/mol. The molecule has 1 amide bonds. The summed E-state index contributed by atoms with van der Waals surface area (Å²) in [5.74, 6) is 1.72. The SMILES string of the molecule is CN(C)[C@H]1CN(C(=O)CCn2cc(Cl)cn2)C[C@@H]1C1CC1. The third-order valence-electron chi connectivity index (χ3n) is 4.73. The van der Waals surface area contributed by atoms with Crippen LogP contribution >= 0.6 is 11.6 Å². The number of likely N-dealkylation sites (N-methyl/N-ethyl adjacent to an activating group) is 1. The van der Waals surface area contributed by atoms with Gasteiger partial charge >= 0.3 is 0 Å². The summed E-state index contributed by atoms with van der Waals surface area (Å²) in [6.45, 7) is 2.39. The van der Waals surface area contributed by atoms with E-state index >= 15 is 0 Å². The second-order valence-electron chi connectivity index (χ2n) is 6.50. The number of carbonyl (C=O) groups excluding carboxylic acids is 1. The predicted molar refractivity (Wildman–Crippen MR) is 82.1 cm³/mol. The number of aryl methyl sites for hydroxylation is 1. The molecule has 2 fully saturated rings. The first-order valence-corrected chi connectivity index (χ1v) is 8.04. The van der Waals surface area contributed by atoms with Crippen molar-refractivity contribution in [3.05, 3.63) is 17.4 Å². The van der Waals surface area contributed by atoms with E-state index in [2.05, 4.69) is 24.1 Å². The normalized spacial score (nSPS) is 25.8. The molecule has 0 N–H and O–H groups in total. The number of likely N-dealkylation sites (tertiary alicyclic amines) is 1. The van der Waals surface area contributed by atoms with Crippen LogP contribution in [0.1, 0.15) is 19.3 Å². The van der Waals surface area contributed by atoms with Crippen molar-refractivity contribution in [1.29, 1.82) is 0 Å². The molecule has 1 aliphatic carbocycles. The van der Waals surface area contributed by atoms with Gasteiger partial charge in [0.1, 0.15) is 0 Å². The van der Waals surface area contributed by atoms with Gasteiger partial charge < -0.3 is 9.80 Å². The molecule has 2 heterocycles. The number of carbonyl (C=O) groups is 1. The number of nitrogens with zero attached hydrogens (tertiary/aromatic N) is 4. The number of halogens is 1. The van der Waals surface area contributed by atoms with Crippen LogP contribution in [-0.4, -0.2) is 58.7 Å². The summed E-state index contributed by atoms with van der Waals surface area (Å²) in [7, 11) is 4.25. The van der Waals surface area contributed by atoms with Gasteiger partial charge in [0.15, 0.2) is 0 Å². The minimum Gasteiger partial charge on any atom is -0.341 e. The summed E-state index contributed by atoms with van der Waals surface area (Å²) in [5, 5.41) is 4.73. The van der Waals surface area contributed by atoms with Crippen molar-refractivity contribution in [3.63, 3.8) is 0 Å². The number of rotatable bonds is 5. The third-order valence-corrected chi connectivity index (χ3v) is 4.93. The third kappa shape index (κ3) is 3.40. The Morgan fingerprint density at radius 1 is 1.43 bits per heavy atom. The zero-order chi connectivity index (χ0) is 15.0. The molecule has 5 nitrogen and oxygen atoms in total. The zero-order valence-corrected chi connectivity index (χ0v) is 13.5. The van der Waals surface area contributed by atoms with Gasteiger partial charge in [0.2, 0.25) is 5.91 Å². The summed E-state index contributed by atoms with van der Waals surface area (Å²) in [4.78, 5) is 16.7. The van der Waals surface area contributed by atoms with E-state index in [-0.39, 0.29) is 5.91 Å². The molecule has 0 bridgehead atoms. The fraction of sp³-hybridized carbons (Fsp3) is 0.733. The molecule has 6 heteroatoms. The number of hydrogen-bond acceptors (Lipinski definition) is 3. The van der Waals surface area contributed by atoms with Crippen molar-refractivity contribution in [2.24, 2.45) is 11.8 Å². The Morgan fingerprint density at radius 3 is 2.76 bits per heavy atom. The lowest BCUT2D eigenvalue weighted by Crippen LogP contribution is -2.37. The molecule has 0 radical (unpaired) electrons. The molecule has 1 saturated carbocycles. The molecule has 0 aromatic carbocycles. The molecule has 2 aliphatic rings. The Morgan fingerprint density at radius 2 is 2.19 bits per heavy atom. The van der Waals surface area contributed by atoms with Gasteiger partial charge in [-0.25, -0.2) is 0 Å². The van der Waals surface area contributed by atoms with Crippen LogP contribution in [0.3, 0.4) is 0 Å². The highest BCUT2D eigenvalue weighted by Crippen LogP contribution is 2.42. The molecule has 21 heavy (non-hydrogen) atoms. The van der Waals surface area contributed by atoms with E-state index in [9.17, 15) is 4.79 Å². The van der Waals surface area contributed by atoms with Gasteiger partial charge in [-0.1, -0.05) is 11.6 Å². The average Bonchev–Trinajstić information content (AvgIpc) is 3.05. The van der Waals surface area contributed by atoms with E-state index in [0.29, 0.717) is 29.9 Å². The Bertz CT molecular complexity index is 502. The second-order valence-corrected chi connectivity index (χ2v) is 6.94. The summed E-state index contributed by atoms with van der Waals surface area (Å²) in [6.07, 6.45) is 6.53. The zero-order valence-electron chi connectivity index (χ0n) is 12.7. The maximum atomic E-state index is 12.4. The lowest BCUT2D eigenvalue weighted by atomic mass is 9.97. The molecular weight excluding hydrogens is 288 g/mol. The van der Waals surface area contributed by atoms with Crippen LogP contribution in [0.25, 0.3) is 0 Å². The lowest BCUT2D eigenvalue weighted by molar-refractivity contribution is -0.130. The lowest BCUT2D eigenvalue weighted by Gasteiger charge is -2.24. The Labute approximate surface area is 130 Å². The smallest absolute Gasteiger partial charge is 0.224 e. The van der Waals surface area contributed by atoms with E-state index in [1.807, 2.05) is 4.90 Å². The number of amides is 1. The number of hydrogen-bond donors (Lipinski definition) is 0. The van der Waals surface area contributed by atoms with Crippen LogP contribution in [0.5, 0.6) is 0 Å². The van der Waals surface area contributed by atoms with Gasteiger partial charge in [-0.05, 0) is 38.8 Å². The van der Waals surface area contributed by atoms with Crippen LogP contribution in [0, 0.1) is 11.8 Å². The first-order valence-electron chi connectivity index (χ1n) is 7.66. The van der Waals surface area contributed by atoms with Gasteiger partial charge in [0.05, 0.1) is 11.2 Å². The minimum atomic E-state index is 0.233. The quantitative estimate of drug-likeness (QED) is 0.831. The summed E-state index contributed by atoms with van der Waals surface area (Å²) >= 11 is 5.83. The minimum absolute atomic E-state index is 0.233. The van der Waals surface area contributed by atoms with Crippen molar-refractivity contribution < 1.29 is 4.79 Å². The molecular formula is C15H23ClN4O. The maximum Gasteiger partial charge on any atom is 0.224 e. The summed E-state index contributed by atoms with van der Waals surface area (Å²) < 4.78 is 1.73. The van der Waals surface area contributed by atoms with Crippen molar-refractivity contribution in [3.8, 4) is 0 Å². The van der Waals surface area contributed by atoms with Crippen molar-refractivity contribution in [2.45, 2.75) is 31.8 Å². The molecule has 2 atom stereocenters. The Hall–Kier alpha value is -1.07. The first kappa shape index (κ1) is 14.9. The summed E-state index contributed by atoms with van der Waals surface area (Å²) in [5.41, 5.74) is 0. The van der Waals surface area contributed by atoms with Crippen molar-refractivity contribution >= 4 is 17.5 Å². The molecule has 3 rings (SSSR count). The van der Waals surface area contributed by atoms with Crippen LogP contribution in [0.4, 0.5) is 0 Å². The number of aromatic nitrogens is 2. The Kier molecular flexibility index (Phi) is 4.22. The van der Waals surface area contributed by atoms with Gasteiger partial charge in [0, 0.05) is 38.3 Å². The second kappa shape index (κ2) is 5.97. The Balaban J connectivity index is 1.55. The first-order chi connectivity index (χ1) is 10.0. The van der Waals surface area contributed by atoms with Crippen molar-refractivity contribution in [1.82, 2.24) is 19.6 Å². The van der Waals surface area contributed by atoms with Crippen molar-refractivity contribution in [2.75, 3.05) is 27.2 Å². The topological polar surface area (TPSA) is 41.4 Å². The van der Waals surface area contributed by atoms with Gasteiger partial charge in [0.25, 0.3) is 0 Å². The predicted octanol–water partition coefficient (Wildman–Crippen LogP) is 1.73. The molecule has 1 aliphatic heterocycles. The molecule has 116 valence electrons. The van der Waals surface area contributed by atoms with E-state index < -0.39 is 0 Å². The van der Waals surface area contributed by atoms with Crippen LogP contribution in [-0.2, 0) is 11.3 Å². The summed E-state index contributed by atoms with van der Waals surface area (Å²) in [6, 6.07) is 0.514. The van der Waals surface area contributed by atoms with Crippen LogP contribution in [0.15, 0.2) is 12.4 Å². The molecule has 0 spiro atoms. The molecule has 1 aromatic heterocycles. The maximum absolute atomic E-state index is 12.4. The van der Waals surface area contributed by atoms with Gasteiger partial charge in [-0.15, -0.1) is 0 Å². The van der Waals surface area contributed by atoms with Crippen LogP contribution < -0.4 is 0 Å². The molecule has 1 aromatic rings. The average molecular weight is 311 g/mol. The highest BCUT2D eigenvalue weighted by Gasteiger charge is 2.44. The molecule has 1 saturated heterocycles. The highest BCUT2D eigenvalue weighted by molar-refractivity contribution is 6.30. The van der Waals surface area contributed by atoms with E-state index in [4.69, 9.17) is 11.6 Å². The standard InChI is InChI=1S/C15H23ClN4O/c1-18(2)14-10-19(9-13(14)11-3-4-11)15(21)5-6-20-8-12(16)7-17-20/h7-8,11,13-14H,3-6,9-10H2,1-2H3/t13-,14+/m1/s1. The van der Waals surface area contributed by atoms with Gasteiger partial charge in [-0.2, -0.15) is 5.10 Å². The van der Waals surface area contributed by atoms with Crippen LogP contribution in [0.2, 0.25) is 5.02 Å². The fourth-order valence-electron chi connectivity index (χ4n) is 3.38. The van der Waals surface area contributed by atoms with E-state index in [1.54, 1.807) is 17.1 Å².